The molecule has 2 aromatic heterocycles. The smallest absolute Gasteiger partial charge is 0.347 e. The van der Waals surface area contributed by atoms with Crippen molar-refractivity contribution < 1.29 is 42.5 Å². The first-order valence-corrected chi connectivity index (χ1v) is 9.31. The van der Waals surface area contributed by atoms with Crippen LogP contribution in [0.5, 0.6) is 0 Å². The average molecular weight is 398 g/mol. The van der Waals surface area contributed by atoms with Crippen LogP contribution < -0.4 is 18.6 Å². The van der Waals surface area contributed by atoms with E-state index in [1.165, 1.54) is 12.1 Å². The topological polar surface area (TPSA) is 136 Å². The van der Waals surface area contributed by atoms with Crippen LogP contribution in [0, 0.1) is 28.4 Å². The summed E-state index contributed by atoms with van der Waals surface area (Å²) in [4.78, 5) is 15.9. The number of benzene rings is 1. The van der Waals surface area contributed by atoms with Crippen LogP contribution in [0.1, 0.15) is 42.1 Å². The van der Waals surface area contributed by atoms with Crippen molar-refractivity contribution in [2.24, 2.45) is 5.41 Å². The van der Waals surface area contributed by atoms with Crippen LogP contribution >= 0.6 is 0 Å². The Kier molecular flexibility index (Phi) is 4.73. The first-order chi connectivity index (χ1) is 12.4. The number of H-pyrrole nitrogens is 1. The molecule has 0 aliphatic heterocycles. The molecular formula is C18H17ClFNO6. The summed E-state index contributed by atoms with van der Waals surface area (Å²) in [5, 5.41) is 1.74. The number of carbonyl (C=O) groups is 1. The highest BCUT2D eigenvalue weighted by Crippen LogP contribution is 2.41. The maximum atomic E-state index is 13.5. The van der Waals surface area contributed by atoms with E-state index in [1.807, 2.05) is 6.92 Å². The molecule has 2 heterocycles. The fourth-order valence-electron chi connectivity index (χ4n) is 3.56. The van der Waals surface area contributed by atoms with E-state index in [-0.39, 0.29) is 17.0 Å². The number of hydrogen-bond donors (Lipinski definition) is 1. The van der Waals surface area contributed by atoms with E-state index in [1.54, 1.807) is 6.07 Å². The molecule has 144 valence electrons. The van der Waals surface area contributed by atoms with Crippen LogP contribution in [-0.2, 0) is 6.42 Å². The van der Waals surface area contributed by atoms with E-state index in [2.05, 4.69) is 18.8 Å². The summed E-state index contributed by atoms with van der Waals surface area (Å²) < 4.78 is 53.4. The molecule has 27 heavy (non-hydrogen) atoms. The largest absolute Gasteiger partial charge is 0.350 e. The summed E-state index contributed by atoms with van der Waals surface area (Å²) in [5.74, 6) is 1.28. The number of aromatic nitrogens is 1. The third kappa shape index (κ3) is 4.10. The van der Waals surface area contributed by atoms with Crippen molar-refractivity contribution in [3.8, 4) is 0 Å². The molecule has 7 nitrogen and oxygen atoms in total. The van der Waals surface area contributed by atoms with Gasteiger partial charge < -0.3 is 4.98 Å². The molecule has 1 aromatic carbocycles. The number of ketones is 1. The highest BCUT2D eigenvalue weighted by Gasteiger charge is 2.41. The Morgan fingerprint density at radius 1 is 1.19 bits per heavy atom. The molecule has 0 fully saturated rings. The molecule has 9 heteroatoms. The average Bonchev–Trinajstić information content (AvgIpc) is 2.82. The number of carbonyl (C=O) groups excluding carboxylic acids is 1. The Hall–Kier alpha value is -2.10. The normalized spacial score (nSPS) is 16.2. The summed E-state index contributed by atoms with van der Waals surface area (Å²) in [5.41, 5.74) is 2.05. The van der Waals surface area contributed by atoms with Crippen LogP contribution in [0.15, 0.2) is 22.6 Å². The minimum absolute atomic E-state index is 0.0914. The van der Waals surface area contributed by atoms with Gasteiger partial charge in [-0.1, -0.05) is 13.8 Å². The Morgan fingerprint density at radius 3 is 2.44 bits per heavy atom. The lowest BCUT2D eigenvalue weighted by Gasteiger charge is -2.25. The molecule has 1 aliphatic rings. The number of Topliss-reactive ketones (excluding diaryl/α,β-unsaturated/α-hetero) is 1. The van der Waals surface area contributed by atoms with Crippen molar-refractivity contribution in [3.05, 3.63) is 41.1 Å². The van der Waals surface area contributed by atoms with Crippen molar-refractivity contribution in [1.82, 2.24) is 4.98 Å². The molecule has 0 spiro atoms. The van der Waals surface area contributed by atoms with Crippen LogP contribution in [0.25, 0.3) is 21.8 Å². The van der Waals surface area contributed by atoms with Crippen molar-refractivity contribution in [2.75, 3.05) is 0 Å². The van der Waals surface area contributed by atoms with Gasteiger partial charge in [0.2, 0.25) is 0 Å². The predicted molar refractivity (Wildman–Crippen MR) is 83.6 cm³/mol. The zero-order chi connectivity index (χ0) is 20.1. The van der Waals surface area contributed by atoms with Gasteiger partial charge in [0.25, 0.3) is 0 Å². The van der Waals surface area contributed by atoms with E-state index in [4.69, 9.17) is 23.1 Å². The van der Waals surface area contributed by atoms with Crippen LogP contribution in [0.4, 0.5) is 4.39 Å². The molecule has 0 atom stereocenters. The highest BCUT2D eigenvalue weighted by molar-refractivity contribution is 6.19. The number of aromatic amines is 1. The fraction of sp³-hybridized carbons (Fsp3) is 0.333. The monoisotopic (exact) mass is 397 g/mol. The maximum Gasteiger partial charge on any atom is 0.350 e. The van der Waals surface area contributed by atoms with Crippen molar-refractivity contribution in [1.29, 1.82) is 0 Å². The molecule has 1 N–H and O–H groups in total. The summed E-state index contributed by atoms with van der Waals surface area (Å²) in [6.45, 7) is 6.03. The second kappa shape index (κ2) is 6.50. The first-order valence-electron chi connectivity index (χ1n) is 8.07. The number of halogens is 2. The van der Waals surface area contributed by atoms with E-state index >= 15 is 0 Å². The zero-order valence-corrected chi connectivity index (χ0v) is 15.6. The van der Waals surface area contributed by atoms with Crippen LogP contribution in [0.2, 0.25) is 0 Å². The molecule has 1 aliphatic carbocycles. The Bertz CT molecular complexity index is 1050. The SMILES string of the molecule is Cc1[o+]c2c(c3c1[nH]c1cc(F)ccc13)C(=O)CC(C)(C)C2.[O-][Cl+3]([O-])([O-])[O-]. The van der Waals surface area contributed by atoms with E-state index in [0.717, 1.165) is 34.2 Å². The Labute approximate surface area is 155 Å². The zero-order valence-electron chi connectivity index (χ0n) is 14.9. The molecule has 0 amide bonds. The maximum absolute atomic E-state index is 13.5. The van der Waals surface area contributed by atoms with E-state index in [0.29, 0.717) is 17.5 Å². The minimum Gasteiger partial charge on any atom is -0.347 e. The van der Waals surface area contributed by atoms with Crippen LogP contribution in [0.3, 0.4) is 0 Å². The van der Waals surface area contributed by atoms with Crippen molar-refractivity contribution in [2.45, 2.75) is 33.6 Å². The van der Waals surface area contributed by atoms with Gasteiger partial charge in [-0.2, -0.15) is 0 Å². The lowest BCUT2D eigenvalue weighted by Crippen LogP contribution is -2.68. The van der Waals surface area contributed by atoms with Gasteiger partial charge in [-0.25, -0.2) is 27.4 Å². The Morgan fingerprint density at radius 2 is 1.81 bits per heavy atom. The summed E-state index contributed by atoms with van der Waals surface area (Å²) in [6, 6.07) is 4.62. The quantitative estimate of drug-likeness (QED) is 0.532. The Balaban J connectivity index is 0.000000376. The molecule has 0 saturated carbocycles. The van der Waals surface area contributed by atoms with Crippen LogP contribution in [-0.4, -0.2) is 10.8 Å². The van der Waals surface area contributed by atoms with Crippen molar-refractivity contribution in [3.63, 3.8) is 0 Å². The van der Waals surface area contributed by atoms with Crippen molar-refractivity contribution >= 4 is 27.6 Å². The third-order valence-electron chi connectivity index (χ3n) is 4.47. The number of hydrogen-bond acceptors (Lipinski definition) is 5. The number of nitrogens with one attached hydrogen (secondary N) is 1. The lowest BCUT2D eigenvalue weighted by atomic mass is 9.75. The second-order valence-corrected chi connectivity index (χ2v) is 8.10. The molecule has 0 saturated heterocycles. The minimum atomic E-state index is -4.94. The summed E-state index contributed by atoms with van der Waals surface area (Å²) >= 11 is 0. The molecular weight excluding hydrogens is 381 g/mol. The number of rotatable bonds is 0. The predicted octanol–water partition coefficient (Wildman–Crippen LogP) is 0.0418. The fourth-order valence-corrected chi connectivity index (χ4v) is 3.56. The lowest BCUT2D eigenvalue weighted by molar-refractivity contribution is -2.00. The van der Waals surface area contributed by atoms with E-state index < -0.39 is 10.2 Å². The summed E-state index contributed by atoms with van der Waals surface area (Å²) in [6.07, 6.45) is 1.24. The second-order valence-electron chi connectivity index (χ2n) is 7.34. The van der Waals surface area contributed by atoms with Gasteiger partial charge in [0.15, 0.2) is 5.78 Å². The third-order valence-corrected chi connectivity index (χ3v) is 4.47. The van der Waals surface area contributed by atoms with Gasteiger partial charge in [0.1, 0.15) is 16.9 Å². The van der Waals surface area contributed by atoms with Gasteiger partial charge in [0.05, 0.1) is 13.3 Å². The number of aryl methyl sites for hydroxylation is 1. The molecule has 0 bridgehead atoms. The van der Waals surface area contributed by atoms with Gasteiger partial charge in [-0.05, 0) is 23.6 Å². The molecule has 0 radical (unpaired) electrons. The number of fused-ring (bicyclic) bond motifs is 5. The molecule has 3 aromatic rings. The first kappa shape index (κ1) is 19.7. The van der Waals surface area contributed by atoms with Gasteiger partial charge in [-0.3, -0.25) is 4.79 Å². The highest BCUT2D eigenvalue weighted by atomic mass is 35.7. The molecule has 0 unspecified atom stereocenters. The van der Waals surface area contributed by atoms with E-state index in [9.17, 15) is 9.18 Å². The van der Waals surface area contributed by atoms with Gasteiger partial charge in [-0.15, -0.1) is 10.2 Å². The molecule has 4 rings (SSSR count). The van der Waals surface area contributed by atoms with Gasteiger partial charge in [0, 0.05) is 22.7 Å². The standard InChI is InChI=1S/C18H16FNO2.ClHO4/c1-9-17-15(11-5-4-10(19)6-12(11)20-17)16-13(21)7-18(2,3)8-14(16)22-9;2-1(3,4)5/h4-6H,7-8H2,1-3H3;(H,2,3,4,5). The summed E-state index contributed by atoms with van der Waals surface area (Å²) in [7, 11) is -4.94. The van der Waals surface area contributed by atoms with Gasteiger partial charge >= 0.3 is 11.5 Å².